The minimum atomic E-state index is -0.222. The predicted molar refractivity (Wildman–Crippen MR) is 103 cm³/mol. The van der Waals surface area contributed by atoms with Crippen LogP contribution in [0.4, 0.5) is 0 Å². The van der Waals surface area contributed by atoms with Gasteiger partial charge in [0.05, 0.1) is 18.2 Å². The van der Waals surface area contributed by atoms with Crippen LogP contribution in [0.1, 0.15) is 44.6 Å². The number of ether oxygens (including phenoxy) is 1. The van der Waals surface area contributed by atoms with Crippen molar-refractivity contribution in [2.45, 2.75) is 51.2 Å². The van der Waals surface area contributed by atoms with E-state index in [-0.39, 0.29) is 18.1 Å². The Morgan fingerprint density at radius 2 is 2.08 bits per heavy atom. The summed E-state index contributed by atoms with van der Waals surface area (Å²) in [6, 6.07) is 9.99. The van der Waals surface area contributed by atoms with Crippen LogP contribution in [0.2, 0.25) is 0 Å². The Bertz CT molecular complexity index is 780. The first-order chi connectivity index (χ1) is 12.7. The molecule has 1 aliphatic rings. The van der Waals surface area contributed by atoms with Crippen molar-refractivity contribution in [1.82, 2.24) is 10.3 Å². The lowest BCUT2D eigenvalue weighted by Gasteiger charge is -2.25. The first-order valence-electron chi connectivity index (χ1n) is 9.35. The number of rotatable bonds is 6. The molecule has 0 saturated heterocycles. The SMILES string of the molecule is CCCOc1nc2ccccc2cc1C=CC(=O)NC1CCC(O)CC1. The van der Waals surface area contributed by atoms with Gasteiger partial charge in [-0.1, -0.05) is 25.1 Å². The molecule has 0 atom stereocenters. The third-order valence-electron chi connectivity index (χ3n) is 4.62. The Balaban J connectivity index is 1.73. The Hall–Kier alpha value is -2.40. The average Bonchev–Trinajstić information content (AvgIpc) is 2.66. The van der Waals surface area contributed by atoms with E-state index in [1.165, 1.54) is 6.08 Å². The molecule has 3 rings (SSSR count). The van der Waals surface area contributed by atoms with Gasteiger partial charge < -0.3 is 15.2 Å². The molecule has 0 unspecified atom stereocenters. The van der Waals surface area contributed by atoms with E-state index in [0.29, 0.717) is 12.5 Å². The van der Waals surface area contributed by atoms with Crippen LogP contribution < -0.4 is 10.1 Å². The lowest BCUT2D eigenvalue weighted by Crippen LogP contribution is -2.37. The number of carbonyl (C=O) groups excluding carboxylic acids is 1. The number of nitrogens with one attached hydrogen (secondary N) is 1. The van der Waals surface area contributed by atoms with E-state index < -0.39 is 0 Å². The van der Waals surface area contributed by atoms with Gasteiger partial charge in [-0.2, -0.15) is 0 Å². The topological polar surface area (TPSA) is 71.5 Å². The maximum atomic E-state index is 12.2. The van der Waals surface area contributed by atoms with Crippen molar-refractivity contribution in [1.29, 1.82) is 0 Å². The first kappa shape index (κ1) is 18.4. The molecule has 1 aromatic carbocycles. The number of aromatic nitrogens is 1. The van der Waals surface area contributed by atoms with E-state index in [1.54, 1.807) is 6.08 Å². The van der Waals surface area contributed by atoms with E-state index in [4.69, 9.17) is 4.74 Å². The second-order valence-electron chi connectivity index (χ2n) is 6.77. The Morgan fingerprint density at radius 3 is 2.85 bits per heavy atom. The molecule has 5 nitrogen and oxygen atoms in total. The summed E-state index contributed by atoms with van der Waals surface area (Å²) in [5, 5.41) is 13.6. The summed E-state index contributed by atoms with van der Waals surface area (Å²) in [5.74, 6) is 0.427. The Morgan fingerprint density at radius 1 is 1.31 bits per heavy atom. The lowest BCUT2D eigenvalue weighted by atomic mass is 9.93. The summed E-state index contributed by atoms with van der Waals surface area (Å²) in [6.07, 6.45) is 7.11. The van der Waals surface area contributed by atoms with Crippen LogP contribution in [-0.2, 0) is 4.79 Å². The lowest BCUT2D eigenvalue weighted by molar-refractivity contribution is -0.117. The summed E-state index contributed by atoms with van der Waals surface area (Å²) >= 11 is 0. The minimum Gasteiger partial charge on any atom is -0.477 e. The van der Waals surface area contributed by atoms with Crippen LogP contribution in [0.3, 0.4) is 0 Å². The molecular formula is C21H26N2O3. The standard InChI is InChI=1S/C21H26N2O3/c1-2-13-26-21-16(14-15-5-3-4-6-19(15)23-21)7-12-20(25)22-17-8-10-18(24)11-9-17/h3-7,12,14,17-18,24H,2,8-11,13H2,1H3,(H,22,25). The van der Waals surface area contributed by atoms with Gasteiger partial charge in [-0.15, -0.1) is 0 Å². The minimum absolute atomic E-state index is 0.124. The van der Waals surface area contributed by atoms with E-state index >= 15 is 0 Å². The third kappa shape index (κ3) is 4.82. The van der Waals surface area contributed by atoms with Crippen molar-refractivity contribution in [3.8, 4) is 5.88 Å². The molecule has 0 bridgehead atoms. The van der Waals surface area contributed by atoms with Crippen molar-refractivity contribution in [2.24, 2.45) is 0 Å². The van der Waals surface area contributed by atoms with Crippen LogP contribution >= 0.6 is 0 Å². The molecule has 0 spiro atoms. The number of aliphatic hydroxyl groups excluding tert-OH is 1. The number of aliphatic hydroxyl groups is 1. The number of carbonyl (C=O) groups is 1. The average molecular weight is 354 g/mol. The van der Waals surface area contributed by atoms with Crippen molar-refractivity contribution in [3.05, 3.63) is 42.0 Å². The summed E-state index contributed by atoms with van der Waals surface area (Å²) in [5.41, 5.74) is 1.67. The fraction of sp³-hybridized carbons (Fsp3) is 0.429. The normalized spacial score (nSPS) is 20.4. The van der Waals surface area contributed by atoms with Gasteiger partial charge in [0.1, 0.15) is 0 Å². The van der Waals surface area contributed by atoms with Gasteiger partial charge in [0.2, 0.25) is 11.8 Å². The number of amides is 1. The highest BCUT2D eigenvalue weighted by Crippen LogP contribution is 2.24. The van der Waals surface area contributed by atoms with Gasteiger partial charge in [0.15, 0.2) is 0 Å². The highest BCUT2D eigenvalue weighted by Gasteiger charge is 2.20. The monoisotopic (exact) mass is 354 g/mol. The van der Waals surface area contributed by atoms with Crippen molar-refractivity contribution >= 4 is 22.9 Å². The van der Waals surface area contributed by atoms with E-state index in [9.17, 15) is 9.90 Å². The first-order valence-corrected chi connectivity index (χ1v) is 9.35. The zero-order chi connectivity index (χ0) is 18.4. The maximum absolute atomic E-state index is 12.2. The van der Waals surface area contributed by atoms with Gasteiger partial charge >= 0.3 is 0 Å². The molecule has 1 aromatic heterocycles. The molecule has 2 aromatic rings. The molecule has 138 valence electrons. The van der Waals surface area contributed by atoms with Crippen molar-refractivity contribution in [3.63, 3.8) is 0 Å². The highest BCUT2D eigenvalue weighted by atomic mass is 16.5. The predicted octanol–water partition coefficient (Wildman–Crippen LogP) is 3.46. The Kier molecular flexibility index (Phi) is 6.23. The number of para-hydroxylation sites is 1. The molecule has 5 heteroatoms. The summed E-state index contributed by atoms with van der Waals surface area (Å²) < 4.78 is 5.77. The zero-order valence-electron chi connectivity index (χ0n) is 15.1. The van der Waals surface area contributed by atoms with Crippen LogP contribution in [0.15, 0.2) is 36.4 Å². The molecule has 1 heterocycles. The van der Waals surface area contributed by atoms with Gasteiger partial charge in [0.25, 0.3) is 0 Å². The molecule has 0 radical (unpaired) electrons. The van der Waals surface area contributed by atoms with Gasteiger partial charge in [0, 0.05) is 23.1 Å². The fourth-order valence-electron chi connectivity index (χ4n) is 3.18. The molecule has 26 heavy (non-hydrogen) atoms. The number of nitrogens with zero attached hydrogens (tertiary/aromatic N) is 1. The fourth-order valence-corrected chi connectivity index (χ4v) is 3.18. The van der Waals surface area contributed by atoms with E-state index in [2.05, 4.69) is 10.3 Å². The van der Waals surface area contributed by atoms with Gasteiger partial charge in [-0.3, -0.25) is 4.79 Å². The smallest absolute Gasteiger partial charge is 0.244 e. The number of hydrogen-bond acceptors (Lipinski definition) is 4. The summed E-state index contributed by atoms with van der Waals surface area (Å²) in [7, 11) is 0. The summed E-state index contributed by atoms with van der Waals surface area (Å²) in [6.45, 7) is 2.63. The molecule has 0 aliphatic heterocycles. The van der Waals surface area contributed by atoms with Crippen LogP contribution in [-0.4, -0.2) is 34.8 Å². The van der Waals surface area contributed by atoms with Crippen molar-refractivity contribution < 1.29 is 14.6 Å². The van der Waals surface area contributed by atoms with Gasteiger partial charge in [-0.25, -0.2) is 4.98 Å². The second kappa shape index (κ2) is 8.81. The second-order valence-corrected chi connectivity index (χ2v) is 6.77. The molecular weight excluding hydrogens is 328 g/mol. The largest absolute Gasteiger partial charge is 0.477 e. The van der Waals surface area contributed by atoms with Crippen molar-refractivity contribution in [2.75, 3.05) is 6.61 Å². The molecule has 1 aliphatic carbocycles. The zero-order valence-corrected chi connectivity index (χ0v) is 15.1. The molecule has 2 N–H and O–H groups in total. The van der Waals surface area contributed by atoms with Crippen LogP contribution in [0.5, 0.6) is 5.88 Å². The van der Waals surface area contributed by atoms with Crippen LogP contribution in [0.25, 0.3) is 17.0 Å². The quantitative estimate of drug-likeness (QED) is 0.780. The van der Waals surface area contributed by atoms with Gasteiger partial charge in [-0.05, 0) is 50.3 Å². The highest BCUT2D eigenvalue weighted by molar-refractivity contribution is 5.93. The molecule has 1 amide bonds. The Labute approximate surface area is 154 Å². The molecule has 1 saturated carbocycles. The number of pyridine rings is 1. The number of fused-ring (bicyclic) bond motifs is 1. The molecule has 1 fully saturated rings. The van der Waals surface area contributed by atoms with E-state index in [0.717, 1.165) is 48.6 Å². The number of hydrogen-bond donors (Lipinski definition) is 2. The number of benzene rings is 1. The maximum Gasteiger partial charge on any atom is 0.244 e. The van der Waals surface area contributed by atoms with Crippen LogP contribution in [0, 0.1) is 0 Å². The third-order valence-corrected chi connectivity index (χ3v) is 4.62. The van der Waals surface area contributed by atoms with E-state index in [1.807, 2.05) is 37.3 Å². The summed E-state index contributed by atoms with van der Waals surface area (Å²) in [4.78, 5) is 16.8.